The first-order valence-corrected chi connectivity index (χ1v) is 8.90. The second-order valence-corrected chi connectivity index (χ2v) is 6.98. The molecular weight excluding hydrogens is 342 g/mol. The second-order valence-electron chi connectivity index (χ2n) is 6.54. The fraction of sp³-hybridized carbons (Fsp3) is 0.556. The fourth-order valence-corrected chi connectivity index (χ4v) is 3.26. The fourth-order valence-electron chi connectivity index (χ4n) is 2.99. The maximum absolute atomic E-state index is 13.0. The molecule has 2 rings (SSSR count). The number of nitrogens with one attached hydrogen (secondary N) is 1. The number of benzene rings is 1. The van der Waals surface area contributed by atoms with Crippen LogP contribution >= 0.6 is 11.6 Å². The molecule has 0 aromatic heterocycles. The molecule has 0 radical (unpaired) electrons. The number of urea groups is 1. The summed E-state index contributed by atoms with van der Waals surface area (Å²) in [5.74, 6) is 0.432. The van der Waals surface area contributed by atoms with E-state index in [1.165, 1.54) is 0 Å². The van der Waals surface area contributed by atoms with Gasteiger partial charge in [0.15, 0.2) is 0 Å². The average molecular weight is 368 g/mol. The first-order valence-electron chi connectivity index (χ1n) is 8.52. The van der Waals surface area contributed by atoms with Crippen LogP contribution in [0.2, 0.25) is 5.02 Å². The van der Waals surface area contributed by atoms with Crippen LogP contribution in [0, 0.1) is 6.92 Å². The smallest absolute Gasteiger partial charge is 0.317 e. The Balaban J connectivity index is 2.13. The summed E-state index contributed by atoms with van der Waals surface area (Å²) in [7, 11) is 1.55. The van der Waals surface area contributed by atoms with E-state index in [0.717, 1.165) is 12.0 Å². The lowest BCUT2D eigenvalue weighted by Crippen LogP contribution is -2.44. The molecule has 0 spiro atoms. The van der Waals surface area contributed by atoms with Gasteiger partial charge < -0.3 is 19.9 Å². The first-order chi connectivity index (χ1) is 11.8. The van der Waals surface area contributed by atoms with Crippen molar-refractivity contribution in [1.82, 2.24) is 15.1 Å². The van der Waals surface area contributed by atoms with E-state index in [-0.39, 0.29) is 18.0 Å². The quantitative estimate of drug-likeness (QED) is 0.893. The molecule has 1 aliphatic rings. The zero-order valence-corrected chi connectivity index (χ0v) is 16.0. The summed E-state index contributed by atoms with van der Waals surface area (Å²) < 4.78 is 5.40. The number of carbonyl (C=O) groups excluding carboxylic acids is 2. The van der Waals surface area contributed by atoms with E-state index in [1.807, 2.05) is 20.8 Å². The lowest BCUT2D eigenvalue weighted by atomic mass is 10.1. The van der Waals surface area contributed by atoms with Gasteiger partial charge in [0, 0.05) is 37.2 Å². The summed E-state index contributed by atoms with van der Waals surface area (Å²) >= 11 is 6.12. The molecule has 1 saturated heterocycles. The van der Waals surface area contributed by atoms with Crippen LogP contribution in [0.25, 0.3) is 0 Å². The maximum atomic E-state index is 13.0. The van der Waals surface area contributed by atoms with Crippen molar-refractivity contribution in [1.29, 1.82) is 0 Å². The lowest BCUT2D eigenvalue weighted by Gasteiger charge is -2.24. The molecule has 1 aliphatic heterocycles. The van der Waals surface area contributed by atoms with Crippen LogP contribution in [-0.4, -0.2) is 61.1 Å². The Hall–Kier alpha value is -1.95. The molecule has 0 atom stereocenters. The highest BCUT2D eigenvalue weighted by Crippen LogP contribution is 2.29. The molecule has 25 heavy (non-hydrogen) atoms. The number of hydrogen-bond donors (Lipinski definition) is 1. The Labute approximate surface area is 154 Å². The van der Waals surface area contributed by atoms with Crippen LogP contribution in [0.5, 0.6) is 5.75 Å². The molecule has 0 saturated carbocycles. The first kappa shape index (κ1) is 19.4. The zero-order valence-electron chi connectivity index (χ0n) is 15.3. The second kappa shape index (κ2) is 8.43. The number of carbonyl (C=O) groups is 2. The SMILES string of the molecule is COc1c(C)cc(Cl)cc1C(=O)N1CCCN(C(=O)NC(C)C)CC1. The molecule has 6 nitrogen and oxygen atoms in total. The molecule has 1 aromatic rings. The summed E-state index contributed by atoms with van der Waals surface area (Å²) in [6, 6.07) is 3.43. The number of methoxy groups -OCH3 is 1. The van der Waals surface area contributed by atoms with Gasteiger partial charge in [-0.05, 0) is 44.9 Å². The third-order valence-corrected chi connectivity index (χ3v) is 4.37. The molecule has 1 N–H and O–H groups in total. The van der Waals surface area contributed by atoms with Crippen LogP contribution < -0.4 is 10.1 Å². The van der Waals surface area contributed by atoms with Gasteiger partial charge in [0.1, 0.15) is 5.75 Å². The van der Waals surface area contributed by atoms with Gasteiger partial charge in [-0.25, -0.2) is 4.79 Å². The van der Waals surface area contributed by atoms with Crippen LogP contribution in [0.1, 0.15) is 36.2 Å². The van der Waals surface area contributed by atoms with E-state index in [0.29, 0.717) is 42.5 Å². The predicted octanol–water partition coefficient (Wildman–Crippen LogP) is 2.92. The van der Waals surface area contributed by atoms with Crippen LogP contribution in [0.3, 0.4) is 0 Å². The Kier molecular flexibility index (Phi) is 6.53. The van der Waals surface area contributed by atoms with Crippen molar-refractivity contribution in [3.8, 4) is 5.75 Å². The van der Waals surface area contributed by atoms with Gasteiger partial charge in [-0.15, -0.1) is 0 Å². The van der Waals surface area contributed by atoms with E-state index >= 15 is 0 Å². The largest absolute Gasteiger partial charge is 0.496 e. The number of ether oxygens (including phenoxy) is 1. The molecule has 3 amide bonds. The molecule has 0 unspecified atom stereocenters. The van der Waals surface area contributed by atoms with Gasteiger partial charge in [0.25, 0.3) is 5.91 Å². The van der Waals surface area contributed by atoms with Crippen molar-refractivity contribution in [3.05, 3.63) is 28.3 Å². The van der Waals surface area contributed by atoms with Crippen LogP contribution in [-0.2, 0) is 0 Å². The number of amides is 3. The monoisotopic (exact) mass is 367 g/mol. The Bertz CT molecular complexity index is 649. The maximum Gasteiger partial charge on any atom is 0.317 e. The lowest BCUT2D eigenvalue weighted by molar-refractivity contribution is 0.0758. The van der Waals surface area contributed by atoms with Crippen molar-refractivity contribution in [2.75, 3.05) is 33.3 Å². The van der Waals surface area contributed by atoms with E-state index in [2.05, 4.69) is 5.32 Å². The summed E-state index contributed by atoms with van der Waals surface area (Å²) in [5, 5.41) is 3.40. The Morgan fingerprint density at radius 1 is 1.16 bits per heavy atom. The van der Waals surface area contributed by atoms with Gasteiger partial charge in [-0.2, -0.15) is 0 Å². The van der Waals surface area contributed by atoms with Crippen molar-refractivity contribution >= 4 is 23.5 Å². The summed E-state index contributed by atoms with van der Waals surface area (Å²) in [6.07, 6.45) is 0.735. The van der Waals surface area contributed by atoms with E-state index in [9.17, 15) is 9.59 Å². The molecular formula is C18H26ClN3O3. The van der Waals surface area contributed by atoms with Crippen LogP contribution in [0.4, 0.5) is 4.79 Å². The van der Waals surface area contributed by atoms with Gasteiger partial charge in [0.05, 0.1) is 12.7 Å². The Morgan fingerprint density at radius 2 is 1.80 bits per heavy atom. The molecule has 1 heterocycles. The van der Waals surface area contributed by atoms with Gasteiger partial charge in [-0.3, -0.25) is 4.79 Å². The summed E-state index contributed by atoms with van der Waals surface area (Å²) in [4.78, 5) is 28.6. The van der Waals surface area contributed by atoms with Crippen molar-refractivity contribution < 1.29 is 14.3 Å². The summed E-state index contributed by atoms with van der Waals surface area (Å²) in [5.41, 5.74) is 1.29. The van der Waals surface area contributed by atoms with E-state index < -0.39 is 0 Å². The number of nitrogens with zero attached hydrogens (tertiary/aromatic N) is 2. The number of rotatable bonds is 3. The molecule has 1 aromatic carbocycles. The third-order valence-electron chi connectivity index (χ3n) is 4.16. The van der Waals surface area contributed by atoms with Crippen molar-refractivity contribution in [2.45, 2.75) is 33.2 Å². The third kappa shape index (κ3) is 4.78. The van der Waals surface area contributed by atoms with Crippen molar-refractivity contribution in [2.24, 2.45) is 0 Å². The highest BCUT2D eigenvalue weighted by atomic mass is 35.5. The molecule has 1 fully saturated rings. The minimum Gasteiger partial charge on any atom is -0.496 e. The van der Waals surface area contributed by atoms with E-state index in [1.54, 1.807) is 29.0 Å². The molecule has 0 aliphatic carbocycles. The highest BCUT2D eigenvalue weighted by Gasteiger charge is 2.25. The minimum absolute atomic E-state index is 0.0829. The van der Waals surface area contributed by atoms with Crippen LogP contribution in [0.15, 0.2) is 12.1 Å². The van der Waals surface area contributed by atoms with Gasteiger partial charge >= 0.3 is 6.03 Å². The number of hydrogen-bond acceptors (Lipinski definition) is 3. The van der Waals surface area contributed by atoms with Crippen molar-refractivity contribution in [3.63, 3.8) is 0 Å². The number of halogens is 1. The highest BCUT2D eigenvalue weighted by molar-refractivity contribution is 6.31. The average Bonchev–Trinajstić information content (AvgIpc) is 2.79. The zero-order chi connectivity index (χ0) is 18.6. The normalized spacial score (nSPS) is 15.1. The van der Waals surface area contributed by atoms with Gasteiger partial charge in [-0.1, -0.05) is 11.6 Å². The molecule has 7 heteroatoms. The standard InChI is InChI=1S/C18H26ClN3O3/c1-12(2)20-18(24)22-7-5-6-21(8-9-22)17(23)15-11-14(19)10-13(3)16(15)25-4/h10-12H,5-9H2,1-4H3,(H,20,24). The topological polar surface area (TPSA) is 61.9 Å². The minimum atomic E-state index is -0.117. The Morgan fingerprint density at radius 3 is 2.44 bits per heavy atom. The summed E-state index contributed by atoms with van der Waals surface area (Å²) in [6.45, 7) is 7.94. The predicted molar refractivity (Wildman–Crippen MR) is 98.5 cm³/mol. The molecule has 138 valence electrons. The molecule has 0 bridgehead atoms. The number of aryl methyl sites for hydroxylation is 1. The van der Waals surface area contributed by atoms with E-state index in [4.69, 9.17) is 16.3 Å². The van der Waals surface area contributed by atoms with Gasteiger partial charge in [0.2, 0.25) is 0 Å².